The van der Waals surface area contributed by atoms with Crippen molar-refractivity contribution in [1.82, 2.24) is 9.78 Å². The van der Waals surface area contributed by atoms with Crippen LogP contribution in [-0.4, -0.2) is 32.4 Å². The van der Waals surface area contributed by atoms with Crippen molar-refractivity contribution in [1.29, 1.82) is 0 Å². The first-order chi connectivity index (χ1) is 12.0. The molecule has 0 saturated heterocycles. The maximum absolute atomic E-state index is 11.9. The van der Waals surface area contributed by atoms with Gasteiger partial charge in [-0.2, -0.15) is 5.10 Å². The van der Waals surface area contributed by atoms with Crippen LogP contribution in [0.15, 0.2) is 59.6 Å². The van der Waals surface area contributed by atoms with Crippen LogP contribution in [0.3, 0.4) is 0 Å². The molecule has 0 radical (unpaired) electrons. The zero-order valence-corrected chi connectivity index (χ0v) is 15.1. The van der Waals surface area contributed by atoms with Crippen LogP contribution in [0.5, 0.6) is 11.5 Å². The fourth-order valence-corrected chi connectivity index (χ4v) is 3.55. The monoisotopic (exact) mass is 378 g/mol. The van der Waals surface area contributed by atoms with Crippen molar-refractivity contribution in [2.45, 2.75) is 4.90 Å². The van der Waals surface area contributed by atoms with Crippen LogP contribution >= 0.6 is 10.7 Å². The summed E-state index contributed by atoms with van der Waals surface area (Å²) < 4.78 is 36.1. The summed E-state index contributed by atoms with van der Waals surface area (Å²) in [4.78, 5) is -0.131. The van der Waals surface area contributed by atoms with Crippen LogP contribution in [0.4, 0.5) is 0 Å². The van der Waals surface area contributed by atoms with Crippen LogP contribution < -0.4 is 9.47 Å². The van der Waals surface area contributed by atoms with Gasteiger partial charge in [0.25, 0.3) is 9.05 Å². The second kappa shape index (κ2) is 6.78. The van der Waals surface area contributed by atoms with E-state index < -0.39 is 9.05 Å². The van der Waals surface area contributed by atoms with Gasteiger partial charge in [-0.3, -0.25) is 0 Å². The molecule has 2 aromatic carbocycles. The van der Waals surface area contributed by atoms with Crippen molar-refractivity contribution in [3.8, 4) is 28.4 Å². The summed E-state index contributed by atoms with van der Waals surface area (Å²) in [6.45, 7) is 0. The van der Waals surface area contributed by atoms with Crippen LogP contribution in [-0.2, 0) is 9.05 Å². The third-order valence-corrected chi connectivity index (χ3v) is 5.01. The summed E-state index contributed by atoms with van der Waals surface area (Å²) in [5.74, 6) is 0.556. The quantitative estimate of drug-likeness (QED) is 0.635. The summed E-state index contributed by atoms with van der Waals surface area (Å²) in [6.07, 6.45) is 1.63. The van der Waals surface area contributed by atoms with Gasteiger partial charge in [0.05, 0.1) is 31.8 Å². The van der Waals surface area contributed by atoms with Gasteiger partial charge >= 0.3 is 0 Å². The maximum Gasteiger partial charge on any atom is 0.265 e. The summed E-state index contributed by atoms with van der Waals surface area (Å²) in [6, 6.07) is 14.2. The first-order valence-electron chi connectivity index (χ1n) is 7.26. The molecule has 0 amide bonds. The second-order valence-corrected chi connectivity index (χ2v) is 7.64. The van der Waals surface area contributed by atoms with E-state index in [0.29, 0.717) is 17.0 Å². The van der Waals surface area contributed by atoms with Crippen molar-refractivity contribution in [3.05, 3.63) is 54.7 Å². The number of methoxy groups -OCH3 is 2. The number of nitrogens with zero attached hydrogens (tertiary/aromatic N) is 2. The van der Waals surface area contributed by atoms with E-state index in [0.717, 1.165) is 5.69 Å². The summed E-state index contributed by atoms with van der Waals surface area (Å²) >= 11 is 0. The molecule has 0 aliphatic rings. The second-order valence-electron chi connectivity index (χ2n) is 5.10. The van der Waals surface area contributed by atoms with E-state index >= 15 is 0 Å². The number of rotatable bonds is 5. The molecule has 3 aromatic rings. The molecule has 0 bridgehead atoms. The Labute approximate surface area is 150 Å². The van der Waals surface area contributed by atoms with Crippen LogP contribution in [0.1, 0.15) is 0 Å². The molecule has 1 aromatic heterocycles. The lowest BCUT2D eigenvalue weighted by molar-refractivity contribution is 0.387. The number of hydrogen-bond acceptors (Lipinski definition) is 5. The predicted molar refractivity (Wildman–Crippen MR) is 95.1 cm³/mol. The van der Waals surface area contributed by atoms with Gasteiger partial charge in [-0.25, -0.2) is 13.1 Å². The number of hydrogen-bond donors (Lipinski definition) is 0. The van der Waals surface area contributed by atoms with Crippen LogP contribution in [0, 0.1) is 0 Å². The van der Waals surface area contributed by atoms with Gasteiger partial charge in [-0.1, -0.05) is 18.2 Å². The topological polar surface area (TPSA) is 70.4 Å². The minimum absolute atomic E-state index is 0.112. The lowest BCUT2D eigenvalue weighted by Gasteiger charge is -2.15. The van der Waals surface area contributed by atoms with Gasteiger partial charge in [0, 0.05) is 22.3 Å². The Morgan fingerprint density at radius 2 is 1.68 bits per heavy atom. The molecule has 0 N–H and O–H groups in total. The van der Waals surface area contributed by atoms with E-state index in [1.807, 2.05) is 30.3 Å². The number of halogens is 1. The molecule has 25 heavy (non-hydrogen) atoms. The minimum atomic E-state index is -4.00. The lowest BCUT2D eigenvalue weighted by atomic mass is 10.1. The summed E-state index contributed by atoms with van der Waals surface area (Å²) in [7, 11) is 4.42. The molecule has 0 spiro atoms. The summed E-state index contributed by atoms with van der Waals surface area (Å²) in [5.41, 5.74) is 2.02. The fourth-order valence-electron chi connectivity index (χ4n) is 2.54. The number of para-hydroxylation sites is 1. The van der Waals surface area contributed by atoms with Crippen LogP contribution in [0.25, 0.3) is 16.9 Å². The van der Waals surface area contributed by atoms with E-state index in [1.54, 1.807) is 16.9 Å². The van der Waals surface area contributed by atoms with Gasteiger partial charge in [0.15, 0.2) is 0 Å². The van der Waals surface area contributed by atoms with Gasteiger partial charge in [0.2, 0.25) is 0 Å². The molecular formula is C17H15ClN2O4S. The van der Waals surface area contributed by atoms with E-state index in [2.05, 4.69) is 5.10 Å². The molecule has 0 saturated carbocycles. The highest BCUT2D eigenvalue weighted by Gasteiger charge is 2.23. The first kappa shape index (κ1) is 17.3. The Bertz CT molecular complexity index is 1000. The van der Waals surface area contributed by atoms with Crippen molar-refractivity contribution >= 4 is 19.7 Å². The molecule has 0 atom stereocenters. The average Bonchev–Trinajstić information content (AvgIpc) is 3.10. The Morgan fingerprint density at radius 3 is 2.28 bits per heavy atom. The van der Waals surface area contributed by atoms with Crippen molar-refractivity contribution in [2.75, 3.05) is 14.2 Å². The number of benzene rings is 2. The Hall–Kier alpha value is -2.51. The molecule has 0 aliphatic heterocycles. The standard InChI is InChI=1S/C17H15ClN2O4S/c1-23-15-11-16(24-2)17(25(18,21)22)10-13(15)14-8-9-19-20(14)12-6-4-3-5-7-12/h3-11H,1-2H3. The SMILES string of the molecule is COc1cc(OC)c(S(=O)(=O)Cl)cc1-c1ccnn1-c1ccccc1. The molecule has 0 fully saturated rings. The van der Waals surface area contributed by atoms with Gasteiger partial charge in [-0.15, -0.1) is 0 Å². The van der Waals surface area contributed by atoms with Crippen LogP contribution in [0.2, 0.25) is 0 Å². The molecule has 8 heteroatoms. The first-order valence-corrected chi connectivity index (χ1v) is 9.57. The van der Waals surface area contributed by atoms with Crippen molar-refractivity contribution in [3.63, 3.8) is 0 Å². The van der Waals surface area contributed by atoms with E-state index in [4.69, 9.17) is 20.2 Å². The normalized spacial score (nSPS) is 11.3. The molecule has 0 aliphatic carbocycles. The predicted octanol–water partition coefficient (Wildman–Crippen LogP) is 3.48. The molecule has 130 valence electrons. The van der Waals surface area contributed by atoms with Gasteiger partial charge < -0.3 is 9.47 Å². The zero-order valence-electron chi connectivity index (χ0n) is 13.5. The fraction of sp³-hybridized carbons (Fsp3) is 0.118. The highest BCUT2D eigenvalue weighted by atomic mass is 35.7. The Morgan fingerprint density at radius 1 is 1.00 bits per heavy atom. The molecule has 1 heterocycles. The third kappa shape index (κ3) is 3.33. The molecular weight excluding hydrogens is 364 g/mol. The van der Waals surface area contributed by atoms with Crippen molar-refractivity contribution < 1.29 is 17.9 Å². The Kier molecular flexibility index (Phi) is 4.69. The number of aromatic nitrogens is 2. The largest absolute Gasteiger partial charge is 0.496 e. The van der Waals surface area contributed by atoms with E-state index in [1.165, 1.54) is 26.4 Å². The third-order valence-electron chi connectivity index (χ3n) is 3.67. The molecule has 0 unspecified atom stereocenters. The maximum atomic E-state index is 11.9. The van der Waals surface area contributed by atoms with Gasteiger partial charge in [0.1, 0.15) is 16.4 Å². The highest BCUT2D eigenvalue weighted by molar-refractivity contribution is 8.13. The van der Waals surface area contributed by atoms with Gasteiger partial charge in [-0.05, 0) is 24.3 Å². The smallest absolute Gasteiger partial charge is 0.265 e. The lowest BCUT2D eigenvalue weighted by Crippen LogP contribution is -2.03. The highest BCUT2D eigenvalue weighted by Crippen LogP contribution is 2.39. The average molecular weight is 379 g/mol. The Balaban J connectivity index is 2.27. The number of ether oxygens (including phenoxy) is 2. The van der Waals surface area contributed by atoms with E-state index in [-0.39, 0.29) is 10.6 Å². The zero-order chi connectivity index (χ0) is 18.0. The van der Waals surface area contributed by atoms with E-state index in [9.17, 15) is 8.42 Å². The molecule has 6 nitrogen and oxygen atoms in total. The molecule has 3 rings (SSSR count). The summed E-state index contributed by atoms with van der Waals surface area (Å²) in [5, 5.41) is 4.32. The van der Waals surface area contributed by atoms with Crippen molar-refractivity contribution in [2.24, 2.45) is 0 Å². The minimum Gasteiger partial charge on any atom is -0.496 e.